The van der Waals surface area contributed by atoms with Gasteiger partial charge in [-0.05, 0) is 31.0 Å². The molecule has 4 heteroatoms. The Balaban J connectivity index is 0.000000606. The minimum Gasteiger partial charge on any atom is -0.464 e. The van der Waals surface area contributed by atoms with E-state index in [4.69, 9.17) is 14.5 Å². The molecule has 1 aromatic heterocycles. The van der Waals surface area contributed by atoms with Crippen molar-refractivity contribution in [1.82, 2.24) is 0 Å². The second-order valence-electron chi connectivity index (χ2n) is 3.46. The van der Waals surface area contributed by atoms with E-state index in [-0.39, 0.29) is 5.66 Å². The second-order valence-corrected chi connectivity index (χ2v) is 3.46. The van der Waals surface area contributed by atoms with Gasteiger partial charge in [-0.25, -0.2) is 0 Å². The summed E-state index contributed by atoms with van der Waals surface area (Å²) in [7, 11) is -1.54. The van der Waals surface area contributed by atoms with E-state index in [1.54, 1.807) is 6.07 Å². The van der Waals surface area contributed by atoms with Crippen LogP contribution in [0.5, 0.6) is 0 Å². The maximum absolute atomic E-state index is 8.97. The number of hydrogen-bond donors (Lipinski definition) is 2. The Bertz CT molecular complexity index is 435. The number of hydrogen-bond acceptors (Lipinski definition) is 3. The third-order valence-corrected chi connectivity index (χ3v) is 2.37. The van der Waals surface area contributed by atoms with Crippen LogP contribution in [0.15, 0.2) is 22.6 Å². The fourth-order valence-corrected chi connectivity index (χ4v) is 1.54. The van der Waals surface area contributed by atoms with Crippen molar-refractivity contribution in [3.63, 3.8) is 0 Å². The number of fused-ring (bicyclic) bond motifs is 1. The molecule has 2 rings (SSSR count). The molecule has 16 heavy (non-hydrogen) atoms. The molecule has 1 aromatic carbocycles. The lowest BCUT2D eigenvalue weighted by molar-refractivity contribution is 0.412. The van der Waals surface area contributed by atoms with Crippen molar-refractivity contribution in [3.05, 3.63) is 29.3 Å². The van der Waals surface area contributed by atoms with Crippen molar-refractivity contribution in [2.45, 2.75) is 27.7 Å². The topological polar surface area (TPSA) is 53.6 Å². The first-order chi connectivity index (χ1) is 7.59. The van der Waals surface area contributed by atoms with Crippen LogP contribution in [0.3, 0.4) is 0 Å². The zero-order valence-electron chi connectivity index (χ0n) is 10.1. The monoisotopic (exact) mass is 220 g/mol. The highest BCUT2D eigenvalue weighted by Crippen LogP contribution is 2.21. The maximum atomic E-state index is 8.97. The van der Waals surface area contributed by atoms with E-state index < -0.39 is 7.12 Å². The maximum Gasteiger partial charge on any atom is 0.526 e. The van der Waals surface area contributed by atoms with Gasteiger partial charge in [0.2, 0.25) is 0 Å². The van der Waals surface area contributed by atoms with E-state index in [0.29, 0.717) is 0 Å². The molecule has 3 nitrogen and oxygen atoms in total. The first-order valence-corrected chi connectivity index (χ1v) is 5.45. The normalized spacial score (nSPS) is 9.88. The number of benzene rings is 1. The summed E-state index contributed by atoms with van der Waals surface area (Å²) in [6, 6.07) is 5.61. The largest absolute Gasteiger partial charge is 0.526 e. The smallest absolute Gasteiger partial charge is 0.464 e. The quantitative estimate of drug-likeness (QED) is 0.720. The predicted molar refractivity (Wildman–Crippen MR) is 66.9 cm³/mol. The summed E-state index contributed by atoms with van der Waals surface area (Å²) in [4.78, 5) is 0. The van der Waals surface area contributed by atoms with Gasteiger partial charge in [0.05, 0.1) is 0 Å². The molecule has 86 valence electrons. The van der Waals surface area contributed by atoms with Crippen LogP contribution in [0.25, 0.3) is 11.0 Å². The lowest BCUT2D eigenvalue weighted by Crippen LogP contribution is -2.27. The fourth-order valence-electron chi connectivity index (χ4n) is 1.54. The molecule has 2 aromatic rings. The zero-order valence-corrected chi connectivity index (χ0v) is 10.1. The van der Waals surface area contributed by atoms with E-state index in [0.717, 1.165) is 22.1 Å². The molecule has 0 aliphatic rings. The molecular formula is C12H17BO3. The second kappa shape index (κ2) is 5.19. The molecule has 0 spiro atoms. The molecule has 0 fully saturated rings. The van der Waals surface area contributed by atoms with Gasteiger partial charge < -0.3 is 14.5 Å². The Kier molecular flexibility index (Phi) is 4.15. The molecule has 0 radical (unpaired) electrons. The molecule has 0 unspecified atom stereocenters. The van der Waals surface area contributed by atoms with Gasteiger partial charge in [0.1, 0.15) is 11.2 Å². The molecular weight excluding hydrogens is 203 g/mol. The zero-order chi connectivity index (χ0) is 12.3. The molecule has 0 bridgehead atoms. The highest BCUT2D eigenvalue weighted by Gasteiger charge is 2.18. The predicted octanol–water partition coefficient (Wildman–Crippen LogP) is 1.76. The summed E-state index contributed by atoms with van der Waals surface area (Å²) in [5, 5.41) is 18.9. The van der Waals surface area contributed by atoms with Gasteiger partial charge in [0.15, 0.2) is 0 Å². The summed E-state index contributed by atoms with van der Waals surface area (Å²) >= 11 is 0. The van der Waals surface area contributed by atoms with Gasteiger partial charge in [-0.15, -0.1) is 0 Å². The first kappa shape index (κ1) is 12.8. The average Bonchev–Trinajstić information content (AvgIpc) is 2.72. The lowest BCUT2D eigenvalue weighted by Gasteiger charge is -1.96. The Labute approximate surface area is 95.9 Å². The summed E-state index contributed by atoms with van der Waals surface area (Å²) in [6.45, 7) is 7.89. The van der Waals surface area contributed by atoms with Gasteiger partial charge in [0.25, 0.3) is 0 Å². The molecule has 0 aliphatic carbocycles. The van der Waals surface area contributed by atoms with Crippen LogP contribution in [0.4, 0.5) is 0 Å². The molecule has 0 amide bonds. The fraction of sp³-hybridized carbons (Fsp3) is 0.333. The van der Waals surface area contributed by atoms with Gasteiger partial charge >= 0.3 is 7.12 Å². The third-order valence-electron chi connectivity index (χ3n) is 2.37. The van der Waals surface area contributed by atoms with Gasteiger partial charge in [0, 0.05) is 5.39 Å². The Morgan fingerprint density at radius 2 is 1.62 bits per heavy atom. The highest BCUT2D eigenvalue weighted by molar-refractivity contribution is 6.57. The summed E-state index contributed by atoms with van der Waals surface area (Å²) in [6.07, 6.45) is 0. The van der Waals surface area contributed by atoms with E-state index in [1.807, 2.05) is 39.8 Å². The van der Waals surface area contributed by atoms with Crippen LogP contribution in [-0.2, 0) is 0 Å². The Morgan fingerprint density at radius 1 is 1.06 bits per heavy atom. The van der Waals surface area contributed by atoms with Crippen molar-refractivity contribution in [2.75, 3.05) is 0 Å². The minimum atomic E-state index is -1.54. The Hall–Kier alpha value is -1.26. The average molecular weight is 220 g/mol. The number of furan rings is 1. The van der Waals surface area contributed by atoms with E-state index >= 15 is 0 Å². The molecule has 0 atom stereocenters. The van der Waals surface area contributed by atoms with Crippen molar-refractivity contribution in [3.8, 4) is 0 Å². The number of aryl methyl sites for hydroxylation is 2. The Morgan fingerprint density at radius 3 is 2.12 bits per heavy atom. The van der Waals surface area contributed by atoms with Crippen LogP contribution in [0.2, 0.25) is 0 Å². The van der Waals surface area contributed by atoms with Gasteiger partial charge in [-0.3, -0.25) is 0 Å². The van der Waals surface area contributed by atoms with Crippen molar-refractivity contribution < 1.29 is 14.5 Å². The third kappa shape index (κ3) is 2.28. The van der Waals surface area contributed by atoms with Gasteiger partial charge in [-0.1, -0.05) is 26.0 Å². The SMILES string of the molecule is CC.Cc1ccc(C)c2oc(B(O)O)cc12. The molecule has 2 N–H and O–H groups in total. The van der Waals surface area contributed by atoms with Crippen LogP contribution in [0.1, 0.15) is 25.0 Å². The van der Waals surface area contributed by atoms with Crippen molar-refractivity contribution in [1.29, 1.82) is 0 Å². The van der Waals surface area contributed by atoms with Crippen molar-refractivity contribution in [2.24, 2.45) is 0 Å². The van der Waals surface area contributed by atoms with E-state index in [2.05, 4.69) is 0 Å². The van der Waals surface area contributed by atoms with Crippen molar-refractivity contribution >= 4 is 23.7 Å². The summed E-state index contributed by atoms with van der Waals surface area (Å²) in [5.41, 5.74) is 2.99. The van der Waals surface area contributed by atoms with Crippen LogP contribution in [0, 0.1) is 13.8 Å². The van der Waals surface area contributed by atoms with Crippen LogP contribution < -0.4 is 5.66 Å². The van der Waals surface area contributed by atoms with E-state index in [9.17, 15) is 0 Å². The first-order valence-electron chi connectivity index (χ1n) is 5.45. The highest BCUT2D eigenvalue weighted by atomic mass is 16.4. The van der Waals surface area contributed by atoms with E-state index in [1.165, 1.54) is 0 Å². The molecule has 1 heterocycles. The molecule has 0 saturated heterocycles. The molecule has 0 aliphatic heterocycles. The lowest BCUT2D eigenvalue weighted by atomic mass is 9.87. The molecule has 0 saturated carbocycles. The standard InChI is InChI=1S/C10H11BO3.C2H6/c1-6-3-4-7(2)10-8(6)5-9(14-10)11(12)13;1-2/h3-5,12-13H,1-2H3;1-2H3. The van der Waals surface area contributed by atoms with Crippen LogP contribution >= 0.6 is 0 Å². The van der Waals surface area contributed by atoms with Crippen LogP contribution in [-0.4, -0.2) is 17.2 Å². The summed E-state index contributed by atoms with van der Waals surface area (Å²) in [5.74, 6) is 0. The summed E-state index contributed by atoms with van der Waals surface area (Å²) < 4.78 is 5.34. The minimum absolute atomic E-state index is 0.192. The number of rotatable bonds is 1. The van der Waals surface area contributed by atoms with Gasteiger partial charge in [-0.2, -0.15) is 0 Å².